The third-order valence-electron chi connectivity index (χ3n) is 18.1. The number of carbonyl (C=O) groups is 12. The van der Waals surface area contributed by atoms with Gasteiger partial charge >= 0.3 is 17.9 Å². The van der Waals surface area contributed by atoms with Gasteiger partial charge in [0.15, 0.2) is 0 Å². The lowest BCUT2D eigenvalue weighted by Crippen LogP contribution is -2.61. The van der Waals surface area contributed by atoms with E-state index < -0.39 is 168 Å². The van der Waals surface area contributed by atoms with Crippen molar-refractivity contribution in [3.63, 3.8) is 0 Å². The maximum absolute atomic E-state index is 15.1. The summed E-state index contributed by atoms with van der Waals surface area (Å²) in [6.45, 7) is 7.53. The van der Waals surface area contributed by atoms with E-state index in [1.807, 2.05) is 54.6 Å². The van der Waals surface area contributed by atoms with Gasteiger partial charge in [-0.3, -0.25) is 47.9 Å². The smallest absolute Gasteiger partial charge is 0.326 e. The fourth-order valence-corrected chi connectivity index (χ4v) is 12.2. The summed E-state index contributed by atoms with van der Waals surface area (Å²) >= 11 is 0. The zero-order chi connectivity index (χ0) is 72.5. The molecule has 4 aliphatic rings. The monoisotopic (exact) mass is 1380 g/mol. The molecule has 28 heteroatoms. The summed E-state index contributed by atoms with van der Waals surface area (Å²) in [6, 6.07) is 17.2. The molecule has 12 N–H and O–H groups in total. The van der Waals surface area contributed by atoms with Gasteiger partial charge in [-0.2, -0.15) is 0 Å². The first-order chi connectivity index (χ1) is 47.6. The van der Waals surface area contributed by atoms with E-state index in [-0.39, 0.29) is 58.4 Å². The van der Waals surface area contributed by atoms with Crippen LogP contribution in [0.3, 0.4) is 0 Å². The maximum atomic E-state index is 15.1. The summed E-state index contributed by atoms with van der Waals surface area (Å²) in [6.07, 6.45) is -0.652. The Labute approximate surface area is 578 Å². The summed E-state index contributed by atoms with van der Waals surface area (Å²) in [4.78, 5) is 171. The minimum absolute atomic E-state index is 0.01000. The second kappa shape index (κ2) is 34.4. The van der Waals surface area contributed by atoms with Crippen molar-refractivity contribution in [1.82, 2.24) is 57.7 Å². The number of nitrogens with zero attached hydrogens (tertiary/aromatic N) is 2. The van der Waals surface area contributed by atoms with Crippen molar-refractivity contribution in [2.24, 2.45) is 5.41 Å². The fraction of sp³-hybridized carbons (Fsp3) is 0.444. The molecule has 9 amide bonds. The predicted octanol–water partition coefficient (Wildman–Crippen LogP) is 1.64. The number of carboxylic acid groups (broad SMARTS) is 3. The van der Waals surface area contributed by atoms with E-state index in [4.69, 9.17) is 9.47 Å². The SMILES string of the molecule is CN[C@@H](C)C(=O)N[C@@H](CC(=O)O)C(=O)N1C[C@@H]2CC1C(=O)N[C@@H](Cc1ccc3ccccc3c1)C(=O)N[C@H](C(=O)O)CCC(=O)NC1CC(C(=O)N[C@@H](Cc3ccc4ccccc4c3)C(=O)N[C@H](C(=O)O)Cc3ccc(cc3)OC/C=C/CO2)N(C(=O)[C@@H](NC(=O)[C@H](C)NC)C(C)(C)C)C1. The summed E-state index contributed by atoms with van der Waals surface area (Å²) in [7, 11) is 3.05. The van der Waals surface area contributed by atoms with Crippen LogP contribution in [-0.2, 0) is 81.5 Å². The molecule has 2 saturated heterocycles. The molecule has 9 rings (SSSR count). The van der Waals surface area contributed by atoms with Crippen molar-refractivity contribution in [2.75, 3.05) is 40.4 Å². The molecular weight excluding hydrogens is 1290 g/mol. The van der Waals surface area contributed by atoms with E-state index in [9.17, 15) is 63.3 Å². The number of likely N-dealkylation sites (N-methyl/N-ethyl adjacent to an activating group) is 2. The number of ether oxygens (including phenoxy) is 2. The van der Waals surface area contributed by atoms with Gasteiger partial charge in [-0.1, -0.05) is 124 Å². The standard InChI is InChI=1S/C72H89N11O17/c1-40(73-6)62(87)79-55(37-60(85)86)68(93)83-39-51-36-58(83)67(92)78-53(33-43-18-22-45-14-8-10-16-47(45)30-43)64(89)76-52(70(95)96)26-27-59(84)75-49-35-57(82(38-49)69(94)61(72(3,4)5)81-63(88)41(2)74-7)66(91)77-54(34-44-19-23-46-15-9-11-17-48(46)31-44)65(90)80-56(71(97)98)32-42-20-24-50(25-21-42)99-28-12-13-29-100-51/h8-25,30-31,40-41,49,51-58,61,73-74H,26-29,32-39H2,1-7H3,(H,75,84)(H,76,89)(H,77,91)(H,78,92)(H,79,87)(H,80,90)(H,81,88)(H,85,86)(H,95,96)(H,97,98)/b13-12+/t40-,41-,49?,51-,52-,53-,54-,55-,56-,57?,58?,61+/m0/s1. The molecule has 5 aromatic rings. The van der Waals surface area contributed by atoms with Crippen LogP contribution in [0.4, 0.5) is 0 Å². The van der Waals surface area contributed by atoms with Crippen molar-refractivity contribution in [1.29, 1.82) is 0 Å². The van der Waals surface area contributed by atoms with Gasteiger partial charge in [0, 0.05) is 51.2 Å². The number of amides is 9. The number of hydrogen-bond donors (Lipinski definition) is 12. The minimum atomic E-state index is -1.78. The molecule has 6 bridgehead atoms. The molecule has 0 radical (unpaired) electrons. The van der Waals surface area contributed by atoms with E-state index >= 15 is 9.59 Å². The number of aliphatic carboxylic acids is 3. The third kappa shape index (κ3) is 20.4. The highest BCUT2D eigenvalue weighted by atomic mass is 16.5. The minimum Gasteiger partial charge on any atom is -0.490 e. The van der Waals surface area contributed by atoms with E-state index in [1.54, 1.807) is 101 Å². The molecule has 5 aromatic carbocycles. The second-order valence-electron chi connectivity index (χ2n) is 26.6. The highest BCUT2D eigenvalue weighted by Gasteiger charge is 2.48. The first kappa shape index (κ1) is 75.5. The fourth-order valence-electron chi connectivity index (χ4n) is 12.2. The van der Waals surface area contributed by atoms with Crippen LogP contribution in [0.15, 0.2) is 121 Å². The Balaban J connectivity index is 1.14. The van der Waals surface area contributed by atoms with Crippen LogP contribution in [-0.4, -0.2) is 209 Å². The van der Waals surface area contributed by atoms with E-state index in [2.05, 4.69) is 47.9 Å². The van der Waals surface area contributed by atoms with Gasteiger partial charge in [0.25, 0.3) is 0 Å². The van der Waals surface area contributed by atoms with Crippen molar-refractivity contribution in [3.05, 3.63) is 138 Å². The number of benzene rings is 5. The Morgan fingerprint density at radius 3 is 1.62 bits per heavy atom. The number of rotatable bonds is 16. The van der Waals surface area contributed by atoms with Gasteiger partial charge in [0.05, 0.1) is 31.2 Å². The van der Waals surface area contributed by atoms with Gasteiger partial charge < -0.3 is 82.4 Å². The van der Waals surface area contributed by atoms with Crippen molar-refractivity contribution < 1.29 is 82.3 Å². The first-order valence-corrected chi connectivity index (χ1v) is 33.3. The molecule has 28 nitrogen and oxygen atoms in total. The van der Waals surface area contributed by atoms with Crippen LogP contribution in [0, 0.1) is 5.41 Å². The van der Waals surface area contributed by atoms with Crippen LogP contribution >= 0.6 is 0 Å². The molecule has 2 fully saturated rings. The molecule has 12 atom stereocenters. The quantitative estimate of drug-likeness (QED) is 0.0625. The lowest BCUT2D eigenvalue weighted by Gasteiger charge is -2.36. The third-order valence-corrected chi connectivity index (χ3v) is 18.1. The topological polar surface area (TPSA) is 399 Å². The summed E-state index contributed by atoms with van der Waals surface area (Å²) in [5.41, 5.74) is 0.615. The second-order valence-corrected chi connectivity index (χ2v) is 26.6. The highest BCUT2D eigenvalue weighted by Crippen LogP contribution is 2.29. The van der Waals surface area contributed by atoms with Crippen LogP contribution in [0.5, 0.6) is 5.75 Å². The average molecular weight is 1380 g/mol. The van der Waals surface area contributed by atoms with Gasteiger partial charge in [-0.15, -0.1) is 0 Å². The summed E-state index contributed by atoms with van der Waals surface area (Å²) in [5, 5.41) is 58.8. The Morgan fingerprint density at radius 2 is 1.09 bits per heavy atom. The zero-order valence-electron chi connectivity index (χ0n) is 56.9. The molecular formula is C72H89N11O17. The van der Waals surface area contributed by atoms with Crippen LogP contribution < -0.4 is 52.6 Å². The molecule has 0 saturated carbocycles. The van der Waals surface area contributed by atoms with E-state index in [0.29, 0.717) is 22.4 Å². The Kier molecular flexibility index (Phi) is 26.0. The molecule has 4 aliphatic heterocycles. The number of carboxylic acids is 3. The largest absolute Gasteiger partial charge is 0.490 e. The van der Waals surface area contributed by atoms with Gasteiger partial charge in [0.2, 0.25) is 53.2 Å². The molecule has 534 valence electrons. The van der Waals surface area contributed by atoms with Crippen LogP contribution in [0.25, 0.3) is 21.5 Å². The van der Waals surface area contributed by atoms with E-state index in [0.717, 1.165) is 26.4 Å². The molecule has 3 unspecified atom stereocenters. The van der Waals surface area contributed by atoms with Gasteiger partial charge in [-0.25, -0.2) is 9.59 Å². The summed E-state index contributed by atoms with van der Waals surface area (Å²) < 4.78 is 12.1. The predicted molar refractivity (Wildman–Crippen MR) is 367 cm³/mol. The zero-order valence-corrected chi connectivity index (χ0v) is 56.9. The van der Waals surface area contributed by atoms with Gasteiger partial charge in [0.1, 0.15) is 60.7 Å². The van der Waals surface area contributed by atoms with Crippen molar-refractivity contribution in [2.45, 2.75) is 159 Å². The lowest BCUT2D eigenvalue weighted by molar-refractivity contribution is -0.146. The van der Waals surface area contributed by atoms with Crippen molar-refractivity contribution >= 4 is 92.6 Å². The molecule has 0 aliphatic carbocycles. The Bertz CT molecular complexity index is 3880. The summed E-state index contributed by atoms with van der Waals surface area (Å²) in [5.74, 6) is -11.3. The van der Waals surface area contributed by atoms with Crippen LogP contribution in [0.2, 0.25) is 0 Å². The number of likely N-dealkylation sites (tertiary alicyclic amines) is 2. The first-order valence-electron chi connectivity index (χ1n) is 33.3. The normalized spacial score (nSPS) is 23.2. The highest BCUT2D eigenvalue weighted by molar-refractivity contribution is 5.99. The van der Waals surface area contributed by atoms with Crippen molar-refractivity contribution in [3.8, 4) is 5.75 Å². The molecule has 4 heterocycles. The maximum Gasteiger partial charge on any atom is 0.326 e. The number of fused-ring (bicyclic) bond motifs is 23. The number of hydrogen-bond acceptors (Lipinski definition) is 16. The average Bonchev–Trinajstić information content (AvgIpc) is 1.61. The van der Waals surface area contributed by atoms with Crippen LogP contribution in [0.1, 0.15) is 83.4 Å². The Morgan fingerprint density at radius 1 is 0.580 bits per heavy atom. The molecule has 0 spiro atoms. The number of nitrogens with one attached hydrogen (secondary N) is 9. The Hall–Kier alpha value is -10.3. The lowest BCUT2D eigenvalue weighted by atomic mass is 9.85. The molecule has 100 heavy (non-hydrogen) atoms. The van der Waals surface area contributed by atoms with Gasteiger partial charge in [-0.05, 0) is 103 Å². The number of carbonyl (C=O) groups excluding carboxylic acids is 9. The van der Waals surface area contributed by atoms with E-state index in [1.165, 1.54) is 18.9 Å². The molecule has 0 aromatic heterocycles.